The Hall–Kier alpha value is -1.43. The Morgan fingerprint density at radius 3 is 2.67 bits per heavy atom. The van der Waals surface area contributed by atoms with Gasteiger partial charge < -0.3 is 15.5 Å². The summed E-state index contributed by atoms with van der Waals surface area (Å²) >= 11 is 1.87. The first-order valence-electron chi connectivity index (χ1n) is 8.64. The molecule has 0 amide bonds. The maximum Gasteiger partial charge on any atom is 0.191 e. The minimum absolute atomic E-state index is 0.206. The number of anilines is 1. The molecule has 6 heteroatoms. The van der Waals surface area contributed by atoms with E-state index in [0.717, 1.165) is 49.9 Å². The second kappa shape index (κ2) is 8.60. The van der Waals surface area contributed by atoms with E-state index in [2.05, 4.69) is 57.7 Å². The van der Waals surface area contributed by atoms with Crippen LogP contribution in [0.3, 0.4) is 0 Å². The van der Waals surface area contributed by atoms with E-state index in [9.17, 15) is 0 Å². The third-order valence-electron chi connectivity index (χ3n) is 4.49. The van der Waals surface area contributed by atoms with E-state index < -0.39 is 0 Å². The number of aliphatic imine (C=N–C) groups is 1. The van der Waals surface area contributed by atoms with E-state index in [1.165, 1.54) is 0 Å². The number of thioether (sulfide) groups is 1. The van der Waals surface area contributed by atoms with Crippen LogP contribution in [0.5, 0.6) is 0 Å². The van der Waals surface area contributed by atoms with Crippen LogP contribution in [0, 0.1) is 6.92 Å². The number of hydrogen-bond donors (Lipinski definition) is 2. The quantitative estimate of drug-likeness (QED) is 0.632. The molecule has 24 heavy (non-hydrogen) atoms. The highest BCUT2D eigenvalue weighted by Gasteiger charge is 2.22. The molecule has 0 unspecified atom stereocenters. The number of guanidine groups is 1. The standard InChI is InChI=1S/C18H31N5S/c1-14-7-6-8-16(21-14)23-11-9-15(10-12-23)22-17(19-4)20-13-18(2,3)24-5/h6-8,15H,9-13H2,1-5H3,(H2,19,20,22). The first-order chi connectivity index (χ1) is 11.4. The summed E-state index contributed by atoms with van der Waals surface area (Å²) in [5, 5.41) is 7.02. The number of nitrogens with one attached hydrogen (secondary N) is 2. The molecule has 0 atom stereocenters. The van der Waals surface area contributed by atoms with Crippen molar-refractivity contribution in [2.24, 2.45) is 4.99 Å². The molecular weight excluding hydrogens is 318 g/mol. The molecule has 0 saturated carbocycles. The van der Waals surface area contributed by atoms with E-state index in [1.807, 2.05) is 31.8 Å². The summed E-state index contributed by atoms with van der Waals surface area (Å²) in [7, 11) is 1.84. The highest BCUT2D eigenvalue weighted by Crippen LogP contribution is 2.20. The van der Waals surface area contributed by atoms with Crippen molar-refractivity contribution in [2.45, 2.75) is 44.4 Å². The predicted octanol–water partition coefficient (Wildman–Crippen LogP) is 2.67. The smallest absolute Gasteiger partial charge is 0.191 e. The van der Waals surface area contributed by atoms with Gasteiger partial charge in [-0.1, -0.05) is 6.07 Å². The zero-order chi connectivity index (χ0) is 17.6. The number of nitrogens with zero attached hydrogens (tertiary/aromatic N) is 3. The predicted molar refractivity (Wildman–Crippen MR) is 106 cm³/mol. The molecule has 1 saturated heterocycles. The highest BCUT2D eigenvalue weighted by molar-refractivity contribution is 7.99. The van der Waals surface area contributed by atoms with Gasteiger partial charge in [0.1, 0.15) is 5.82 Å². The Morgan fingerprint density at radius 2 is 2.08 bits per heavy atom. The minimum atomic E-state index is 0.206. The Labute approximate surface area is 150 Å². The SMILES string of the molecule is CN=C(NCC(C)(C)SC)NC1CCN(c2cccc(C)n2)CC1. The van der Waals surface area contributed by atoms with Gasteiger partial charge in [-0.15, -0.1) is 0 Å². The first-order valence-corrected chi connectivity index (χ1v) is 9.87. The van der Waals surface area contributed by atoms with Crippen molar-refractivity contribution < 1.29 is 0 Å². The normalized spacial score (nSPS) is 17.0. The fourth-order valence-corrected chi connectivity index (χ4v) is 2.93. The molecule has 134 valence electrons. The molecule has 1 fully saturated rings. The van der Waals surface area contributed by atoms with Crippen LogP contribution in [0.2, 0.25) is 0 Å². The van der Waals surface area contributed by atoms with Crippen LogP contribution in [0.15, 0.2) is 23.2 Å². The second-order valence-corrected chi connectivity index (χ2v) is 8.45. The Kier molecular flexibility index (Phi) is 6.78. The molecular formula is C18H31N5S. The molecule has 1 aromatic heterocycles. The molecule has 0 aliphatic carbocycles. The lowest BCUT2D eigenvalue weighted by Crippen LogP contribution is -2.50. The van der Waals surface area contributed by atoms with Crippen molar-refractivity contribution in [1.29, 1.82) is 0 Å². The first kappa shape index (κ1) is 18.9. The topological polar surface area (TPSA) is 52.6 Å². The van der Waals surface area contributed by atoms with Gasteiger partial charge in [0.15, 0.2) is 5.96 Å². The summed E-state index contributed by atoms with van der Waals surface area (Å²) in [5.41, 5.74) is 1.08. The zero-order valence-corrected chi connectivity index (χ0v) is 16.4. The Bertz CT molecular complexity index is 550. The largest absolute Gasteiger partial charge is 0.356 e. The van der Waals surface area contributed by atoms with Crippen LogP contribution in [-0.4, -0.2) is 54.7 Å². The monoisotopic (exact) mass is 349 g/mol. The molecule has 0 spiro atoms. The molecule has 1 aliphatic rings. The van der Waals surface area contributed by atoms with Crippen LogP contribution in [0.1, 0.15) is 32.4 Å². The van der Waals surface area contributed by atoms with Crippen LogP contribution < -0.4 is 15.5 Å². The fourth-order valence-electron chi connectivity index (χ4n) is 2.71. The summed E-state index contributed by atoms with van der Waals surface area (Å²) in [6.45, 7) is 9.49. The van der Waals surface area contributed by atoms with Gasteiger partial charge in [0.25, 0.3) is 0 Å². The van der Waals surface area contributed by atoms with Gasteiger partial charge in [0.2, 0.25) is 0 Å². The van der Waals surface area contributed by atoms with Gasteiger partial charge in [-0.3, -0.25) is 4.99 Å². The minimum Gasteiger partial charge on any atom is -0.356 e. The van der Waals surface area contributed by atoms with Crippen LogP contribution in [-0.2, 0) is 0 Å². The number of aromatic nitrogens is 1. The van der Waals surface area contributed by atoms with Gasteiger partial charge in [0, 0.05) is 43.2 Å². The Morgan fingerprint density at radius 1 is 1.38 bits per heavy atom. The second-order valence-electron chi connectivity index (χ2n) is 6.93. The van der Waals surface area contributed by atoms with Gasteiger partial charge in [-0.05, 0) is 52.0 Å². The van der Waals surface area contributed by atoms with Crippen molar-refractivity contribution in [3.05, 3.63) is 23.9 Å². The highest BCUT2D eigenvalue weighted by atomic mass is 32.2. The van der Waals surface area contributed by atoms with Crippen molar-refractivity contribution in [3.8, 4) is 0 Å². The van der Waals surface area contributed by atoms with Gasteiger partial charge >= 0.3 is 0 Å². The van der Waals surface area contributed by atoms with Crippen molar-refractivity contribution >= 4 is 23.5 Å². The van der Waals surface area contributed by atoms with E-state index in [-0.39, 0.29) is 4.75 Å². The van der Waals surface area contributed by atoms with Crippen LogP contribution in [0.4, 0.5) is 5.82 Å². The number of piperidine rings is 1. The number of pyridine rings is 1. The molecule has 0 radical (unpaired) electrons. The molecule has 2 rings (SSSR count). The summed E-state index contributed by atoms with van der Waals surface area (Å²) in [5.74, 6) is 2.00. The zero-order valence-electron chi connectivity index (χ0n) is 15.6. The lowest BCUT2D eigenvalue weighted by Gasteiger charge is -2.34. The molecule has 1 aliphatic heterocycles. The van der Waals surface area contributed by atoms with Gasteiger partial charge in [0.05, 0.1) is 0 Å². The maximum atomic E-state index is 4.63. The van der Waals surface area contributed by atoms with Crippen molar-refractivity contribution in [1.82, 2.24) is 15.6 Å². The molecule has 0 aromatic carbocycles. The average molecular weight is 350 g/mol. The Balaban J connectivity index is 1.81. The number of rotatable bonds is 5. The lowest BCUT2D eigenvalue weighted by molar-refractivity contribution is 0.458. The van der Waals surface area contributed by atoms with Crippen molar-refractivity contribution in [2.75, 3.05) is 37.8 Å². The summed E-state index contributed by atoms with van der Waals surface area (Å²) in [6.07, 6.45) is 4.34. The summed E-state index contributed by atoms with van der Waals surface area (Å²) in [6, 6.07) is 6.70. The van der Waals surface area contributed by atoms with E-state index in [4.69, 9.17) is 0 Å². The van der Waals surface area contributed by atoms with E-state index in [1.54, 1.807) is 0 Å². The summed E-state index contributed by atoms with van der Waals surface area (Å²) < 4.78 is 0.206. The molecule has 2 N–H and O–H groups in total. The maximum absolute atomic E-state index is 4.63. The van der Waals surface area contributed by atoms with Gasteiger partial charge in [-0.2, -0.15) is 11.8 Å². The lowest BCUT2D eigenvalue weighted by atomic mass is 10.1. The van der Waals surface area contributed by atoms with Crippen molar-refractivity contribution in [3.63, 3.8) is 0 Å². The molecule has 2 heterocycles. The van der Waals surface area contributed by atoms with Crippen LogP contribution in [0.25, 0.3) is 0 Å². The summed E-state index contributed by atoms with van der Waals surface area (Å²) in [4.78, 5) is 11.4. The van der Waals surface area contributed by atoms with E-state index in [0.29, 0.717) is 6.04 Å². The fraction of sp³-hybridized carbons (Fsp3) is 0.667. The van der Waals surface area contributed by atoms with Gasteiger partial charge in [-0.25, -0.2) is 4.98 Å². The number of aryl methyl sites for hydroxylation is 1. The third kappa shape index (κ3) is 5.58. The molecule has 5 nitrogen and oxygen atoms in total. The van der Waals surface area contributed by atoms with Crippen LogP contribution >= 0.6 is 11.8 Å². The third-order valence-corrected chi connectivity index (χ3v) is 5.74. The number of hydrogen-bond acceptors (Lipinski definition) is 4. The average Bonchev–Trinajstić information content (AvgIpc) is 2.59. The van der Waals surface area contributed by atoms with E-state index >= 15 is 0 Å². The molecule has 1 aromatic rings. The molecule has 0 bridgehead atoms.